The van der Waals surface area contributed by atoms with E-state index >= 15 is 0 Å². The van der Waals surface area contributed by atoms with Crippen LogP contribution >= 0.6 is 0 Å². The Hall–Kier alpha value is -3.02. The van der Waals surface area contributed by atoms with Crippen LogP contribution in [-0.4, -0.2) is 43.0 Å². The second kappa shape index (κ2) is 12.0. The van der Waals surface area contributed by atoms with E-state index in [1.807, 2.05) is 63.2 Å². The molecule has 0 aliphatic heterocycles. The van der Waals surface area contributed by atoms with Crippen molar-refractivity contribution in [2.24, 2.45) is 0 Å². The normalized spacial score (nSPS) is 11.5. The lowest BCUT2D eigenvalue weighted by Gasteiger charge is -2.29. The fourth-order valence-corrected chi connectivity index (χ4v) is 3.41. The first-order chi connectivity index (χ1) is 14.9. The molecule has 1 atom stereocenters. The van der Waals surface area contributed by atoms with Crippen molar-refractivity contribution in [2.45, 2.75) is 53.1 Å². The number of carbonyl (C=O) groups excluding carboxylic acids is 2. The number of amides is 2. The lowest BCUT2D eigenvalue weighted by molar-refractivity contribution is -0.140. The van der Waals surface area contributed by atoms with Crippen LogP contribution in [0.4, 0.5) is 0 Å². The first kappa shape index (κ1) is 24.3. The molecule has 0 aliphatic carbocycles. The highest BCUT2D eigenvalue weighted by molar-refractivity contribution is 5.87. The van der Waals surface area contributed by atoms with E-state index in [-0.39, 0.29) is 11.8 Å². The molecule has 0 saturated heterocycles. The fraction of sp³-hybridized carbons (Fsp3) is 0.440. The monoisotopic (exact) mass is 426 g/mol. The van der Waals surface area contributed by atoms with E-state index in [9.17, 15) is 9.59 Å². The Kier molecular flexibility index (Phi) is 9.38. The summed E-state index contributed by atoms with van der Waals surface area (Å²) in [4.78, 5) is 27.1. The maximum Gasteiger partial charge on any atom is 0.242 e. The zero-order chi connectivity index (χ0) is 22.8. The van der Waals surface area contributed by atoms with Crippen molar-refractivity contribution < 1.29 is 19.1 Å². The van der Waals surface area contributed by atoms with Gasteiger partial charge in [-0.25, -0.2) is 0 Å². The van der Waals surface area contributed by atoms with Crippen molar-refractivity contribution in [3.63, 3.8) is 0 Å². The van der Waals surface area contributed by atoms with E-state index in [0.717, 1.165) is 16.7 Å². The average Bonchev–Trinajstić information content (AvgIpc) is 2.77. The average molecular weight is 427 g/mol. The number of nitrogens with zero attached hydrogens (tertiary/aromatic N) is 1. The summed E-state index contributed by atoms with van der Waals surface area (Å²) in [5.41, 5.74) is 3.12. The number of rotatable bonds is 11. The minimum absolute atomic E-state index is 0.0637. The Bertz CT molecular complexity index is 882. The summed E-state index contributed by atoms with van der Waals surface area (Å²) in [7, 11) is 1.59. The molecule has 1 N–H and O–H groups in total. The Morgan fingerprint density at radius 2 is 1.71 bits per heavy atom. The largest absolute Gasteiger partial charge is 0.490 e. The molecule has 2 aromatic carbocycles. The molecule has 0 radical (unpaired) electrons. The molecule has 0 aliphatic rings. The Labute approximate surface area is 185 Å². The minimum atomic E-state index is -0.559. The van der Waals surface area contributed by atoms with Gasteiger partial charge in [0, 0.05) is 20.0 Å². The molecule has 6 heteroatoms. The molecule has 31 heavy (non-hydrogen) atoms. The molecular weight excluding hydrogens is 392 g/mol. The highest BCUT2D eigenvalue weighted by Crippen LogP contribution is 2.29. The number of aryl methyl sites for hydroxylation is 2. The van der Waals surface area contributed by atoms with Gasteiger partial charge in [0.05, 0.1) is 13.2 Å². The number of ether oxygens (including phenoxy) is 2. The SMILES string of the molecule is CCOc1ccc(CCC(=O)N(Cc2ccccc2C)C(C)C(=O)NC)cc1OCC. The number of carbonyl (C=O) groups is 2. The van der Waals surface area contributed by atoms with E-state index < -0.39 is 6.04 Å². The second-order valence-electron chi connectivity index (χ2n) is 7.39. The molecule has 0 aromatic heterocycles. The maximum atomic E-state index is 13.2. The lowest BCUT2D eigenvalue weighted by Crippen LogP contribution is -2.46. The fourth-order valence-electron chi connectivity index (χ4n) is 3.41. The van der Waals surface area contributed by atoms with Crippen LogP contribution in [0, 0.1) is 6.92 Å². The molecule has 0 fully saturated rings. The van der Waals surface area contributed by atoms with Crippen LogP contribution < -0.4 is 14.8 Å². The summed E-state index contributed by atoms with van der Waals surface area (Å²) >= 11 is 0. The van der Waals surface area contributed by atoms with E-state index in [1.54, 1.807) is 18.9 Å². The van der Waals surface area contributed by atoms with Crippen molar-refractivity contribution in [2.75, 3.05) is 20.3 Å². The third-order valence-electron chi connectivity index (χ3n) is 5.25. The van der Waals surface area contributed by atoms with Crippen molar-refractivity contribution in [1.29, 1.82) is 0 Å². The quantitative estimate of drug-likeness (QED) is 0.592. The molecule has 6 nitrogen and oxygen atoms in total. The van der Waals surface area contributed by atoms with Crippen LogP contribution in [0.2, 0.25) is 0 Å². The number of hydrogen-bond acceptors (Lipinski definition) is 4. The van der Waals surface area contributed by atoms with E-state index in [0.29, 0.717) is 44.1 Å². The smallest absolute Gasteiger partial charge is 0.242 e. The first-order valence-electron chi connectivity index (χ1n) is 10.8. The second-order valence-corrected chi connectivity index (χ2v) is 7.39. The molecule has 2 amide bonds. The molecule has 168 valence electrons. The van der Waals surface area contributed by atoms with Gasteiger partial charge in [-0.2, -0.15) is 0 Å². The van der Waals surface area contributed by atoms with Crippen molar-refractivity contribution in [3.05, 3.63) is 59.2 Å². The van der Waals surface area contributed by atoms with Gasteiger partial charge < -0.3 is 19.7 Å². The summed E-state index contributed by atoms with van der Waals surface area (Å²) in [5.74, 6) is 1.14. The molecule has 2 rings (SSSR count). The Morgan fingerprint density at radius 1 is 1.03 bits per heavy atom. The predicted octanol–water partition coefficient (Wildman–Crippen LogP) is 3.89. The summed E-state index contributed by atoms with van der Waals surface area (Å²) in [6.45, 7) is 9.12. The van der Waals surface area contributed by atoms with Gasteiger partial charge in [0.2, 0.25) is 11.8 Å². The first-order valence-corrected chi connectivity index (χ1v) is 10.8. The zero-order valence-electron chi connectivity index (χ0n) is 19.2. The van der Waals surface area contributed by atoms with Gasteiger partial charge in [0.1, 0.15) is 6.04 Å². The van der Waals surface area contributed by atoms with Gasteiger partial charge in [-0.3, -0.25) is 9.59 Å². The third-order valence-corrected chi connectivity index (χ3v) is 5.25. The van der Waals surface area contributed by atoms with E-state index in [1.165, 1.54) is 0 Å². The summed E-state index contributed by atoms with van der Waals surface area (Å²) in [6, 6.07) is 13.1. The van der Waals surface area contributed by atoms with Crippen LogP contribution in [0.3, 0.4) is 0 Å². The summed E-state index contributed by atoms with van der Waals surface area (Å²) in [6.07, 6.45) is 0.850. The van der Waals surface area contributed by atoms with Gasteiger partial charge in [-0.1, -0.05) is 30.3 Å². The standard InChI is InChI=1S/C25H34N2O4/c1-6-30-22-14-12-20(16-23(22)31-7-2)13-15-24(28)27(19(4)25(29)26-5)17-21-11-9-8-10-18(21)3/h8-12,14,16,19H,6-7,13,15,17H2,1-5H3,(H,26,29). The van der Waals surface area contributed by atoms with E-state index in [4.69, 9.17) is 9.47 Å². The molecule has 0 bridgehead atoms. The number of benzene rings is 2. The summed E-state index contributed by atoms with van der Waals surface area (Å²) < 4.78 is 11.3. The molecule has 0 heterocycles. The van der Waals surface area contributed by atoms with Gasteiger partial charge in [0.15, 0.2) is 11.5 Å². The van der Waals surface area contributed by atoms with Crippen LogP contribution in [0.1, 0.15) is 43.9 Å². The topological polar surface area (TPSA) is 67.9 Å². The van der Waals surface area contributed by atoms with Gasteiger partial charge in [0.25, 0.3) is 0 Å². The maximum absolute atomic E-state index is 13.2. The Morgan fingerprint density at radius 3 is 2.35 bits per heavy atom. The highest BCUT2D eigenvalue weighted by Gasteiger charge is 2.25. The number of likely N-dealkylation sites (N-methyl/N-ethyl adjacent to an activating group) is 1. The lowest BCUT2D eigenvalue weighted by atomic mass is 10.1. The zero-order valence-corrected chi connectivity index (χ0v) is 19.2. The van der Waals surface area contributed by atoms with Crippen LogP contribution in [0.15, 0.2) is 42.5 Å². The Balaban J connectivity index is 2.16. The van der Waals surface area contributed by atoms with Crippen LogP contribution in [0.5, 0.6) is 11.5 Å². The van der Waals surface area contributed by atoms with Gasteiger partial charge in [-0.05, 0) is 62.9 Å². The number of nitrogens with one attached hydrogen (secondary N) is 1. The van der Waals surface area contributed by atoms with Crippen molar-refractivity contribution in [1.82, 2.24) is 10.2 Å². The van der Waals surface area contributed by atoms with Crippen molar-refractivity contribution in [3.8, 4) is 11.5 Å². The minimum Gasteiger partial charge on any atom is -0.490 e. The molecule has 0 saturated carbocycles. The molecular formula is C25H34N2O4. The molecule has 2 aromatic rings. The van der Waals surface area contributed by atoms with Gasteiger partial charge in [-0.15, -0.1) is 0 Å². The number of hydrogen-bond donors (Lipinski definition) is 1. The van der Waals surface area contributed by atoms with Crippen LogP contribution in [-0.2, 0) is 22.6 Å². The van der Waals surface area contributed by atoms with Crippen molar-refractivity contribution >= 4 is 11.8 Å². The van der Waals surface area contributed by atoms with Crippen LogP contribution in [0.25, 0.3) is 0 Å². The third kappa shape index (κ3) is 6.74. The van der Waals surface area contributed by atoms with E-state index in [2.05, 4.69) is 5.32 Å². The highest BCUT2D eigenvalue weighted by atomic mass is 16.5. The predicted molar refractivity (Wildman–Crippen MR) is 122 cm³/mol. The summed E-state index contributed by atoms with van der Waals surface area (Å²) in [5, 5.41) is 2.65. The molecule has 1 unspecified atom stereocenters. The van der Waals surface area contributed by atoms with Gasteiger partial charge >= 0.3 is 0 Å². The molecule has 0 spiro atoms.